The molecule has 0 aromatic heterocycles. The smallest absolute Gasteiger partial charge is 0.398 e. The van der Waals surface area contributed by atoms with Crippen molar-refractivity contribution < 1.29 is 42.5 Å². The van der Waals surface area contributed by atoms with E-state index >= 15 is 0 Å². The molecule has 1 aliphatic heterocycles. The molecule has 0 aromatic rings. The fraction of sp³-hybridized carbons (Fsp3) is 0.778. The van der Waals surface area contributed by atoms with Gasteiger partial charge in [-0.3, -0.25) is 9.87 Å². The maximum absolute atomic E-state index is 11.5. The number of hydrogen-bond donors (Lipinski definition) is 5. The first-order chi connectivity index (χ1) is 10.4. The van der Waals surface area contributed by atoms with Gasteiger partial charge in [-0.1, -0.05) is 0 Å². The van der Waals surface area contributed by atoms with E-state index in [2.05, 4.69) is 15.3 Å². The van der Waals surface area contributed by atoms with Gasteiger partial charge in [-0.2, -0.15) is 18.4 Å². The molecule has 0 saturated heterocycles. The van der Waals surface area contributed by atoms with E-state index in [1.165, 1.54) is 0 Å². The molecule has 13 heteroatoms. The molecule has 0 amide bonds. The third kappa shape index (κ3) is 4.75. The van der Waals surface area contributed by atoms with Crippen LogP contribution in [0.15, 0.2) is 9.98 Å². The molecule has 12 nitrogen and oxygen atoms in total. The summed E-state index contributed by atoms with van der Waals surface area (Å²) >= 11 is 0. The van der Waals surface area contributed by atoms with Gasteiger partial charge in [0.2, 0.25) is 0 Å². The van der Waals surface area contributed by atoms with Crippen molar-refractivity contribution in [2.45, 2.75) is 5.18 Å². The number of aliphatic hydroxyl groups is 3. The fourth-order valence-corrected chi connectivity index (χ4v) is 1.91. The highest BCUT2D eigenvalue weighted by Crippen LogP contribution is 2.25. The molecular weight excluding hydrogens is 326 g/mol. The summed E-state index contributed by atoms with van der Waals surface area (Å²) in [4.78, 5) is 6.98. The van der Waals surface area contributed by atoms with Crippen LogP contribution in [0.2, 0.25) is 0 Å². The Balaban J connectivity index is 3.16. The minimum Gasteiger partial charge on any atom is -0.462 e. The second-order valence-corrected chi connectivity index (χ2v) is 5.18. The largest absolute Gasteiger partial charge is 0.462 e. The van der Waals surface area contributed by atoms with Crippen molar-refractivity contribution in [3.8, 4) is 0 Å². The Labute approximate surface area is 125 Å². The van der Waals surface area contributed by atoms with Gasteiger partial charge in [-0.05, 0) is 0 Å². The van der Waals surface area contributed by atoms with Crippen LogP contribution in [0.25, 0.3) is 0 Å². The Bertz CT molecular complexity index is 494. The molecule has 22 heavy (non-hydrogen) atoms. The summed E-state index contributed by atoms with van der Waals surface area (Å²) in [6, 6.07) is -0.903. The molecule has 0 aliphatic carbocycles. The predicted octanol–water partition coefficient (Wildman–Crippen LogP) is -3.17. The van der Waals surface area contributed by atoms with E-state index < -0.39 is 40.6 Å². The van der Waals surface area contributed by atoms with Crippen molar-refractivity contribution >= 4 is 22.2 Å². The Hall–Kier alpha value is -1.51. The van der Waals surface area contributed by atoms with Crippen LogP contribution in [0, 0.1) is 0 Å². The normalized spacial score (nSPS) is 17.3. The van der Waals surface area contributed by atoms with Crippen molar-refractivity contribution in [3.63, 3.8) is 0 Å². The Morgan fingerprint density at radius 2 is 1.41 bits per heavy atom. The van der Waals surface area contributed by atoms with Gasteiger partial charge < -0.3 is 29.5 Å². The molecule has 1 rings (SSSR count). The Kier molecular flexibility index (Phi) is 6.92. The van der Waals surface area contributed by atoms with E-state index in [1.807, 2.05) is 0 Å². The number of amidine groups is 2. The van der Waals surface area contributed by atoms with Crippen LogP contribution < -0.4 is 5.32 Å². The van der Waals surface area contributed by atoms with Gasteiger partial charge in [-0.15, -0.1) is 0 Å². The van der Waals surface area contributed by atoms with E-state index in [-0.39, 0.29) is 26.4 Å². The molecule has 0 atom stereocenters. The number of aliphatic hydroxyl groups excluding tert-OH is 3. The lowest BCUT2D eigenvalue weighted by Gasteiger charge is -2.27. The SMILES string of the molecule is O=S(=O)(O)C1(OCCO)N=C(OCCO)NC(OCCO)=N1. The first-order valence-corrected chi connectivity index (χ1v) is 7.48. The number of rotatable bonds is 8. The number of nitrogens with one attached hydrogen (secondary N) is 1. The summed E-state index contributed by atoms with van der Waals surface area (Å²) in [6.45, 7) is -2.31. The zero-order valence-electron chi connectivity index (χ0n) is 11.4. The maximum atomic E-state index is 11.5. The van der Waals surface area contributed by atoms with E-state index in [4.69, 9.17) is 29.5 Å². The van der Waals surface area contributed by atoms with Gasteiger partial charge in [0.15, 0.2) is 0 Å². The second-order valence-electron chi connectivity index (χ2n) is 3.70. The molecule has 1 heterocycles. The molecule has 128 valence electrons. The van der Waals surface area contributed by atoms with Gasteiger partial charge in [0.25, 0.3) is 12.0 Å². The summed E-state index contributed by atoms with van der Waals surface area (Å²) in [5.41, 5.74) is 0. The number of aliphatic imine (C=N–C) groups is 2. The number of nitrogens with zero attached hydrogens (tertiary/aromatic N) is 2. The summed E-state index contributed by atoms with van der Waals surface area (Å²) in [5, 5.41) is 25.7. The van der Waals surface area contributed by atoms with Gasteiger partial charge >= 0.3 is 15.3 Å². The zero-order chi connectivity index (χ0) is 16.6. The third-order valence-corrected chi connectivity index (χ3v) is 3.05. The fourth-order valence-electron chi connectivity index (χ4n) is 1.28. The molecular formula is C9H17N3O9S. The second kappa shape index (κ2) is 8.21. The van der Waals surface area contributed by atoms with Crippen LogP contribution in [0.4, 0.5) is 0 Å². The quantitative estimate of drug-likeness (QED) is 0.282. The van der Waals surface area contributed by atoms with Crippen LogP contribution in [-0.2, 0) is 24.3 Å². The van der Waals surface area contributed by atoms with Crippen LogP contribution in [0.3, 0.4) is 0 Å². The Morgan fingerprint density at radius 3 is 1.77 bits per heavy atom. The van der Waals surface area contributed by atoms with Gasteiger partial charge in [0.05, 0.1) is 26.4 Å². The van der Waals surface area contributed by atoms with Crippen LogP contribution >= 0.6 is 0 Å². The van der Waals surface area contributed by atoms with Gasteiger partial charge in [0.1, 0.15) is 13.2 Å². The Morgan fingerprint density at radius 1 is 0.955 bits per heavy atom. The molecule has 0 spiro atoms. The highest BCUT2D eigenvalue weighted by Gasteiger charge is 2.49. The average Bonchev–Trinajstić information content (AvgIpc) is 2.47. The van der Waals surface area contributed by atoms with E-state index in [0.717, 1.165) is 0 Å². The highest BCUT2D eigenvalue weighted by atomic mass is 32.2. The highest BCUT2D eigenvalue weighted by molar-refractivity contribution is 7.87. The molecule has 0 bridgehead atoms. The predicted molar refractivity (Wildman–Crippen MR) is 71.4 cm³/mol. The average molecular weight is 343 g/mol. The number of ether oxygens (including phenoxy) is 3. The van der Waals surface area contributed by atoms with E-state index in [1.54, 1.807) is 0 Å². The summed E-state index contributed by atoms with van der Waals surface area (Å²) in [6.07, 6.45) is 0. The lowest BCUT2D eigenvalue weighted by Crippen LogP contribution is -2.49. The molecule has 0 saturated carbocycles. The van der Waals surface area contributed by atoms with Crippen LogP contribution in [0.1, 0.15) is 0 Å². The van der Waals surface area contributed by atoms with Gasteiger partial charge in [-0.25, -0.2) is 0 Å². The topological polar surface area (TPSA) is 180 Å². The first kappa shape index (κ1) is 18.5. The zero-order valence-corrected chi connectivity index (χ0v) is 12.2. The standard InChI is InChI=1S/C9H17N3O9S/c13-1-4-19-7-10-8(20-5-2-14)12-9(11-7,21-6-3-15)22(16,17)18/h13-15H,1-6H2,(H,10,11,12)(H,16,17,18). The molecule has 5 N–H and O–H groups in total. The minimum absolute atomic E-state index is 0.235. The van der Waals surface area contributed by atoms with Crippen molar-refractivity contribution in [1.82, 2.24) is 5.32 Å². The van der Waals surface area contributed by atoms with Crippen molar-refractivity contribution in [2.75, 3.05) is 39.6 Å². The summed E-state index contributed by atoms with van der Waals surface area (Å²) in [7, 11) is -5.01. The van der Waals surface area contributed by atoms with Crippen molar-refractivity contribution in [3.05, 3.63) is 0 Å². The molecule has 0 fully saturated rings. The minimum atomic E-state index is -5.01. The lowest BCUT2D eigenvalue weighted by molar-refractivity contribution is -0.00175. The molecule has 1 aliphatic rings. The molecule has 0 aromatic carbocycles. The van der Waals surface area contributed by atoms with Crippen molar-refractivity contribution in [1.29, 1.82) is 0 Å². The summed E-state index contributed by atoms with van der Waals surface area (Å²) in [5.74, 6) is 0. The molecule has 0 radical (unpaired) electrons. The monoisotopic (exact) mass is 343 g/mol. The van der Waals surface area contributed by atoms with Crippen LogP contribution in [-0.4, -0.2) is 85.2 Å². The maximum Gasteiger partial charge on any atom is 0.398 e. The van der Waals surface area contributed by atoms with E-state index in [0.29, 0.717) is 0 Å². The molecule has 0 unspecified atom stereocenters. The van der Waals surface area contributed by atoms with Crippen LogP contribution in [0.5, 0.6) is 0 Å². The van der Waals surface area contributed by atoms with Crippen molar-refractivity contribution in [2.24, 2.45) is 9.98 Å². The van der Waals surface area contributed by atoms with E-state index in [9.17, 15) is 13.0 Å². The summed E-state index contributed by atoms with van der Waals surface area (Å²) < 4.78 is 47.1. The third-order valence-electron chi connectivity index (χ3n) is 2.08. The van der Waals surface area contributed by atoms with Gasteiger partial charge in [0, 0.05) is 0 Å². The number of hydrogen-bond acceptors (Lipinski definition) is 11. The lowest BCUT2D eigenvalue weighted by atomic mass is 10.7. The first-order valence-electron chi connectivity index (χ1n) is 6.04.